The Morgan fingerprint density at radius 2 is 1.74 bits per heavy atom. The zero-order valence-electron chi connectivity index (χ0n) is 15.1. The molecule has 0 N–H and O–H groups in total. The summed E-state index contributed by atoms with van der Waals surface area (Å²) >= 11 is 0. The van der Waals surface area contributed by atoms with Crippen molar-refractivity contribution in [1.82, 2.24) is 15.0 Å². The lowest BCUT2D eigenvalue weighted by atomic mass is 9.96. The highest BCUT2D eigenvalue weighted by atomic mass is 16.5. The van der Waals surface area contributed by atoms with Crippen LogP contribution in [0.3, 0.4) is 0 Å². The molecule has 130 valence electrons. The van der Waals surface area contributed by atoms with Crippen LogP contribution < -0.4 is 0 Å². The number of piperazine rings is 1. The molecule has 0 saturated carbocycles. The number of hydrogen-bond acceptors (Lipinski definition) is 4. The van der Waals surface area contributed by atoms with Gasteiger partial charge in [0.05, 0.1) is 5.69 Å². The molecular weight excluding hydrogens is 290 g/mol. The monoisotopic (exact) mass is 321 g/mol. The van der Waals surface area contributed by atoms with Gasteiger partial charge in [-0.05, 0) is 26.7 Å². The molecule has 1 aliphatic rings. The van der Waals surface area contributed by atoms with Gasteiger partial charge in [0.25, 0.3) is 0 Å². The van der Waals surface area contributed by atoms with Crippen molar-refractivity contribution >= 4 is 5.91 Å². The van der Waals surface area contributed by atoms with Gasteiger partial charge < -0.3 is 9.42 Å². The maximum atomic E-state index is 12.7. The fourth-order valence-corrected chi connectivity index (χ4v) is 3.42. The van der Waals surface area contributed by atoms with E-state index < -0.39 is 0 Å². The van der Waals surface area contributed by atoms with Crippen LogP contribution >= 0.6 is 0 Å². The fourth-order valence-electron chi connectivity index (χ4n) is 3.42. The molecule has 0 unspecified atom stereocenters. The normalized spacial score (nSPS) is 16.3. The minimum Gasteiger partial charge on any atom is -0.361 e. The molecule has 5 heteroatoms. The van der Waals surface area contributed by atoms with Crippen LogP contribution in [0.25, 0.3) is 0 Å². The maximum absolute atomic E-state index is 12.7. The molecule has 0 radical (unpaired) electrons. The zero-order chi connectivity index (χ0) is 16.8. The Kier molecular flexibility index (Phi) is 6.63. The van der Waals surface area contributed by atoms with E-state index in [9.17, 15) is 4.79 Å². The van der Waals surface area contributed by atoms with Crippen LogP contribution in [0.4, 0.5) is 0 Å². The number of rotatable bonds is 7. The first-order valence-electron chi connectivity index (χ1n) is 8.99. The minimum atomic E-state index is 0.221. The third-order valence-electron chi connectivity index (χ3n) is 4.87. The maximum Gasteiger partial charge on any atom is 0.225 e. The van der Waals surface area contributed by atoms with Crippen LogP contribution in [0.2, 0.25) is 0 Å². The Labute approximate surface area is 140 Å². The molecule has 1 aromatic heterocycles. The number of nitrogens with zero attached hydrogens (tertiary/aromatic N) is 3. The Morgan fingerprint density at radius 1 is 1.13 bits per heavy atom. The predicted molar refractivity (Wildman–Crippen MR) is 91.1 cm³/mol. The molecule has 2 rings (SSSR count). The summed E-state index contributed by atoms with van der Waals surface area (Å²) in [5, 5.41) is 4.02. The van der Waals surface area contributed by atoms with Crippen LogP contribution in [-0.4, -0.2) is 47.0 Å². The van der Waals surface area contributed by atoms with Crippen molar-refractivity contribution < 1.29 is 9.32 Å². The van der Waals surface area contributed by atoms with Crippen LogP contribution in [0.1, 0.15) is 56.5 Å². The van der Waals surface area contributed by atoms with Crippen molar-refractivity contribution in [3.05, 3.63) is 17.0 Å². The zero-order valence-corrected chi connectivity index (χ0v) is 15.1. The lowest BCUT2D eigenvalue weighted by Crippen LogP contribution is -2.50. The van der Waals surface area contributed by atoms with Gasteiger partial charge in [-0.25, -0.2) is 0 Å². The topological polar surface area (TPSA) is 49.6 Å². The Morgan fingerprint density at radius 3 is 2.22 bits per heavy atom. The molecule has 0 atom stereocenters. The number of amides is 1. The van der Waals surface area contributed by atoms with E-state index in [1.165, 1.54) is 5.56 Å². The molecule has 1 aliphatic heterocycles. The van der Waals surface area contributed by atoms with E-state index in [2.05, 4.69) is 28.8 Å². The lowest BCUT2D eigenvalue weighted by molar-refractivity contribution is -0.137. The van der Waals surface area contributed by atoms with E-state index in [0.29, 0.717) is 5.91 Å². The average molecular weight is 321 g/mol. The number of hydrogen-bond donors (Lipinski definition) is 0. The molecule has 0 aromatic carbocycles. The second kappa shape index (κ2) is 8.48. The smallest absolute Gasteiger partial charge is 0.225 e. The second-order valence-electron chi connectivity index (χ2n) is 6.68. The van der Waals surface area contributed by atoms with E-state index in [1.54, 1.807) is 0 Å². The summed E-state index contributed by atoms with van der Waals surface area (Å²) in [7, 11) is 0. The Hall–Kier alpha value is -1.36. The van der Waals surface area contributed by atoms with Gasteiger partial charge in [0.1, 0.15) is 5.76 Å². The summed E-state index contributed by atoms with van der Waals surface area (Å²) in [5.41, 5.74) is 2.17. The number of carbonyl (C=O) groups is 1. The van der Waals surface area contributed by atoms with Gasteiger partial charge in [-0.1, -0.05) is 31.8 Å². The second-order valence-corrected chi connectivity index (χ2v) is 6.68. The molecule has 1 fully saturated rings. The summed E-state index contributed by atoms with van der Waals surface area (Å²) in [6.45, 7) is 12.7. The molecule has 23 heavy (non-hydrogen) atoms. The van der Waals surface area contributed by atoms with Crippen molar-refractivity contribution in [2.45, 2.75) is 59.9 Å². The van der Waals surface area contributed by atoms with Crippen LogP contribution in [-0.2, 0) is 11.3 Å². The van der Waals surface area contributed by atoms with Gasteiger partial charge in [0.2, 0.25) is 5.91 Å². The third-order valence-corrected chi connectivity index (χ3v) is 4.87. The van der Waals surface area contributed by atoms with Crippen molar-refractivity contribution in [3.63, 3.8) is 0 Å². The highest BCUT2D eigenvalue weighted by Crippen LogP contribution is 2.20. The van der Waals surface area contributed by atoms with E-state index in [1.807, 2.05) is 13.8 Å². The van der Waals surface area contributed by atoms with Crippen molar-refractivity contribution in [1.29, 1.82) is 0 Å². The standard InChI is InChI=1S/C18H31N3O2/c1-5-7-16(8-6-2)18(22)21-11-9-20(10-12-21)13-17-14(3)19-23-15(17)4/h16H,5-13H2,1-4H3. The van der Waals surface area contributed by atoms with E-state index in [0.717, 1.165) is 69.9 Å². The first-order chi connectivity index (χ1) is 11.1. The van der Waals surface area contributed by atoms with Gasteiger partial charge in [0.15, 0.2) is 0 Å². The van der Waals surface area contributed by atoms with Gasteiger partial charge in [-0.2, -0.15) is 0 Å². The van der Waals surface area contributed by atoms with E-state index >= 15 is 0 Å². The van der Waals surface area contributed by atoms with Gasteiger partial charge in [-0.3, -0.25) is 9.69 Å². The largest absolute Gasteiger partial charge is 0.361 e. The highest BCUT2D eigenvalue weighted by Gasteiger charge is 2.27. The fraction of sp³-hybridized carbons (Fsp3) is 0.778. The molecule has 1 aromatic rings. The van der Waals surface area contributed by atoms with Crippen molar-refractivity contribution in [2.75, 3.05) is 26.2 Å². The first kappa shape index (κ1) is 18.0. The Balaban J connectivity index is 1.86. The van der Waals surface area contributed by atoms with Crippen molar-refractivity contribution in [3.8, 4) is 0 Å². The summed E-state index contributed by atoms with van der Waals surface area (Å²) in [4.78, 5) is 17.2. The number of aromatic nitrogens is 1. The lowest BCUT2D eigenvalue weighted by Gasteiger charge is -2.36. The highest BCUT2D eigenvalue weighted by molar-refractivity contribution is 5.78. The minimum absolute atomic E-state index is 0.221. The Bertz CT molecular complexity index is 479. The summed E-state index contributed by atoms with van der Waals surface area (Å²) < 4.78 is 5.24. The van der Waals surface area contributed by atoms with E-state index in [4.69, 9.17) is 4.52 Å². The molecule has 1 amide bonds. The third kappa shape index (κ3) is 4.56. The van der Waals surface area contributed by atoms with Crippen LogP contribution in [0, 0.1) is 19.8 Å². The van der Waals surface area contributed by atoms with E-state index in [-0.39, 0.29) is 5.92 Å². The molecule has 1 saturated heterocycles. The molecule has 0 bridgehead atoms. The summed E-state index contributed by atoms with van der Waals surface area (Å²) in [6.07, 6.45) is 4.21. The number of carbonyl (C=O) groups excluding carboxylic acids is 1. The van der Waals surface area contributed by atoms with Crippen LogP contribution in [0.5, 0.6) is 0 Å². The molecule has 5 nitrogen and oxygen atoms in total. The van der Waals surface area contributed by atoms with Crippen LogP contribution in [0.15, 0.2) is 4.52 Å². The van der Waals surface area contributed by atoms with Gasteiger partial charge >= 0.3 is 0 Å². The summed E-state index contributed by atoms with van der Waals surface area (Å²) in [6, 6.07) is 0. The average Bonchev–Trinajstić information content (AvgIpc) is 2.87. The summed E-state index contributed by atoms with van der Waals surface area (Å²) in [5.74, 6) is 1.50. The molecule has 2 heterocycles. The first-order valence-corrected chi connectivity index (χ1v) is 8.99. The SMILES string of the molecule is CCCC(CCC)C(=O)N1CCN(Cc2c(C)noc2C)CC1. The van der Waals surface area contributed by atoms with Crippen molar-refractivity contribution in [2.24, 2.45) is 5.92 Å². The van der Waals surface area contributed by atoms with Gasteiger partial charge in [0, 0.05) is 44.2 Å². The molecule has 0 spiro atoms. The predicted octanol–water partition coefficient (Wildman–Crippen LogP) is 3.15. The molecular formula is C18H31N3O2. The molecule has 0 aliphatic carbocycles. The quantitative estimate of drug-likeness (QED) is 0.774. The van der Waals surface area contributed by atoms with Gasteiger partial charge in [-0.15, -0.1) is 0 Å². The number of aryl methyl sites for hydroxylation is 2.